The first-order valence-electron chi connectivity index (χ1n) is 4.48. The highest BCUT2D eigenvalue weighted by atomic mass is 127. The molecule has 0 aliphatic carbocycles. The van der Waals surface area contributed by atoms with Gasteiger partial charge < -0.3 is 4.74 Å². The average Bonchev–Trinajstić information content (AvgIpc) is 2.22. The fourth-order valence-corrected chi connectivity index (χ4v) is 1.79. The number of rotatable bonds is 2. The van der Waals surface area contributed by atoms with E-state index in [1.165, 1.54) is 0 Å². The summed E-state index contributed by atoms with van der Waals surface area (Å²) in [6.07, 6.45) is 0. The van der Waals surface area contributed by atoms with Gasteiger partial charge in [0.15, 0.2) is 0 Å². The molecule has 0 atom stereocenters. The van der Waals surface area contributed by atoms with Crippen molar-refractivity contribution in [2.75, 3.05) is 6.61 Å². The van der Waals surface area contributed by atoms with Crippen molar-refractivity contribution in [1.82, 2.24) is 0 Å². The first-order chi connectivity index (χ1) is 7.11. The van der Waals surface area contributed by atoms with Gasteiger partial charge in [-0.2, -0.15) is 5.26 Å². The van der Waals surface area contributed by atoms with Crippen LogP contribution in [0.4, 0.5) is 0 Å². The van der Waals surface area contributed by atoms with E-state index < -0.39 is 0 Å². The van der Waals surface area contributed by atoms with Crippen LogP contribution in [0.2, 0.25) is 0 Å². The summed E-state index contributed by atoms with van der Waals surface area (Å²) in [7, 11) is 0. The number of nitriles is 1. The minimum atomic E-state index is -0.336. The molecule has 0 heterocycles. The molecule has 0 aliphatic heterocycles. The lowest BCUT2D eigenvalue weighted by atomic mass is 10.1. The van der Waals surface area contributed by atoms with Crippen LogP contribution in [-0.2, 0) is 4.74 Å². The molecule has 0 radical (unpaired) electrons. The van der Waals surface area contributed by atoms with E-state index in [0.717, 1.165) is 9.13 Å². The number of halogens is 1. The quantitative estimate of drug-likeness (QED) is 0.623. The van der Waals surface area contributed by atoms with Crippen LogP contribution >= 0.6 is 22.6 Å². The fourth-order valence-electron chi connectivity index (χ4n) is 1.20. The Kier molecular flexibility index (Phi) is 4.09. The molecule has 0 saturated carbocycles. The molecule has 1 rings (SSSR count). The summed E-state index contributed by atoms with van der Waals surface area (Å²) >= 11 is 2.06. The SMILES string of the molecule is CCOC(=O)c1ccc(C#N)c(I)c1C. The minimum absolute atomic E-state index is 0.336. The monoisotopic (exact) mass is 315 g/mol. The normalized spacial score (nSPS) is 9.47. The summed E-state index contributed by atoms with van der Waals surface area (Å²) in [5, 5.41) is 8.80. The van der Waals surface area contributed by atoms with Gasteiger partial charge in [0, 0.05) is 3.57 Å². The molecular weight excluding hydrogens is 305 g/mol. The maximum Gasteiger partial charge on any atom is 0.338 e. The molecule has 0 unspecified atom stereocenters. The largest absolute Gasteiger partial charge is 0.462 e. The Labute approximate surface area is 102 Å². The van der Waals surface area contributed by atoms with Crippen molar-refractivity contribution in [2.24, 2.45) is 0 Å². The highest BCUT2D eigenvalue weighted by Gasteiger charge is 2.14. The third-order valence-corrected chi connectivity index (χ3v) is 3.39. The lowest BCUT2D eigenvalue weighted by molar-refractivity contribution is 0.0525. The van der Waals surface area contributed by atoms with E-state index in [1.807, 2.05) is 6.92 Å². The second-order valence-electron chi connectivity index (χ2n) is 2.93. The predicted molar refractivity (Wildman–Crippen MR) is 64.6 cm³/mol. The number of benzene rings is 1. The molecule has 0 aliphatic rings. The number of nitrogens with zero attached hydrogens (tertiary/aromatic N) is 1. The molecule has 4 heteroatoms. The van der Waals surface area contributed by atoms with E-state index in [4.69, 9.17) is 10.00 Å². The van der Waals surface area contributed by atoms with E-state index in [-0.39, 0.29) is 5.97 Å². The molecular formula is C11H10INO2. The molecule has 0 saturated heterocycles. The Morgan fingerprint density at radius 1 is 1.60 bits per heavy atom. The Morgan fingerprint density at radius 2 is 2.27 bits per heavy atom. The first kappa shape index (κ1) is 12.0. The molecule has 15 heavy (non-hydrogen) atoms. The zero-order valence-corrected chi connectivity index (χ0v) is 10.7. The van der Waals surface area contributed by atoms with Crippen LogP contribution in [0.25, 0.3) is 0 Å². The first-order valence-corrected chi connectivity index (χ1v) is 5.56. The molecule has 1 aromatic rings. The van der Waals surface area contributed by atoms with E-state index in [1.54, 1.807) is 19.1 Å². The number of carbonyl (C=O) groups excluding carboxylic acids is 1. The molecule has 0 N–H and O–H groups in total. The highest BCUT2D eigenvalue weighted by Crippen LogP contribution is 2.20. The van der Waals surface area contributed by atoms with Crippen molar-refractivity contribution in [1.29, 1.82) is 5.26 Å². The second-order valence-corrected chi connectivity index (χ2v) is 4.01. The van der Waals surface area contributed by atoms with Gasteiger partial charge in [-0.1, -0.05) is 0 Å². The van der Waals surface area contributed by atoms with Crippen molar-refractivity contribution >= 4 is 28.6 Å². The van der Waals surface area contributed by atoms with Gasteiger partial charge in [0.2, 0.25) is 0 Å². The number of esters is 1. The van der Waals surface area contributed by atoms with Gasteiger partial charge in [-0.3, -0.25) is 0 Å². The van der Waals surface area contributed by atoms with Crippen molar-refractivity contribution in [3.63, 3.8) is 0 Å². The summed E-state index contributed by atoms with van der Waals surface area (Å²) in [5.74, 6) is -0.336. The summed E-state index contributed by atoms with van der Waals surface area (Å²) in [6.45, 7) is 3.94. The predicted octanol–water partition coefficient (Wildman–Crippen LogP) is 2.65. The third kappa shape index (κ3) is 2.48. The topological polar surface area (TPSA) is 50.1 Å². The molecule has 0 spiro atoms. The highest BCUT2D eigenvalue weighted by molar-refractivity contribution is 14.1. The van der Waals surface area contributed by atoms with Crippen LogP contribution in [0.15, 0.2) is 12.1 Å². The number of ether oxygens (including phenoxy) is 1. The lowest BCUT2D eigenvalue weighted by Gasteiger charge is -2.07. The van der Waals surface area contributed by atoms with E-state index >= 15 is 0 Å². The fraction of sp³-hybridized carbons (Fsp3) is 0.273. The lowest BCUT2D eigenvalue weighted by Crippen LogP contribution is -2.08. The summed E-state index contributed by atoms with van der Waals surface area (Å²) < 4.78 is 5.72. The molecule has 0 aromatic heterocycles. The van der Waals surface area contributed by atoms with Gasteiger partial charge in [0.1, 0.15) is 6.07 Å². The van der Waals surface area contributed by atoms with Crippen molar-refractivity contribution in [2.45, 2.75) is 13.8 Å². The smallest absolute Gasteiger partial charge is 0.338 e. The third-order valence-electron chi connectivity index (χ3n) is 2.00. The molecule has 0 amide bonds. The Balaban J connectivity index is 3.19. The van der Waals surface area contributed by atoms with E-state index in [0.29, 0.717) is 17.7 Å². The standard InChI is InChI=1S/C11H10INO2/c1-3-15-11(14)9-5-4-8(6-13)10(12)7(9)2/h4-5H,3H2,1-2H3. The van der Waals surface area contributed by atoms with Crippen LogP contribution < -0.4 is 0 Å². The Bertz CT molecular complexity index is 435. The van der Waals surface area contributed by atoms with E-state index in [2.05, 4.69) is 28.7 Å². The van der Waals surface area contributed by atoms with Crippen molar-refractivity contribution in [3.8, 4) is 6.07 Å². The van der Waals surface area contributed by atoms with Crippen LogP contribution in [0, 0.1) is 21.8 Å². The van der Waals surface area contributed by atoms with Crippen molar-refractivity contribution in [3.05, 3.63) is 32.4 Å². The van der Waals surface area contributed by atoms with Crippen LogP contribution in [0.5, 0.6) is 0 Å². The number of hydrogen-bond donors (Lipinski definition) is 0. The molecule has 0 bridgehead atoms. The van der Waals surface area contributed by atoms with Gasteiger partial charge >= 0.3 is 5.97 Å². The number of carbonyl (C=O) groups is 1. The zero-order valence-electron chi connectivity index (χ0n) is 8.50. The van der Waals surface area contributed by atoms with Crippen molar-refractivity contribution < 1.29 is 9.53 Å². The summed E-state index contributed by atoms with van der Waals surface area (Å²) in [4.78, 5) is 11.5. The molecule has 3 nitrogen and oxygen atoms in total. The van der Waals surface area contributed by atoms with Gasteiger partial charge in [0.25, 0.3) is 0 Å². The van der Waals surface area contributed by atoms with Gasteiger partial charge in [-0.25, -0.2) is 4.79 Å². The molecule has 78 valence electrons. The van der Waals surface area contributed by atoms with Gasteiger partial charge in [-0.05, 0) is 54.1 Å². The zero-order chi connectivity index (χ0) is 11.4. The average molecular weight is 315 g/mol. The van der Waals surface area contributed by atoms with Gasteiger partial charge in [0.05, 0.1) is 17.7 Å². The molecule has 1 aromatic carbocycles. The van der Waals surface area contributed by atoms with Crippen LogP contribution in [0.1, 0.15) is 28.4 Å². The maximum absolute atomic E-state index is 11.5. The maximum atomic E-state index is 11.5. The van der Waals surface area contributed by atoms with Crippen LogP contribution in [-0.4, -0.2) is 12.6 Å². The second kappa shape index (κ2) is 5.12. The number of hydrogen-bond acceptors (Lipinski definition) is 3. The van der Waals surface area contributed by atoms with Crippen LogP contribution in [0.3, 0.4) is 0 Å². The van der Waals surface area contributed by atoms with E-state index in [9.17, 15) is 4.79 Å². The van der Waals surface area contributed by atoms with Gasteiger partial charge in [-0.15, -0.1) is 0 Å². The Morgan fingerprint density at radius 3 is 2.80 bits per heavy atom. The summed E-state index contributed by atoms with van der Waals surface area (Å²) in [6, 6.07) is 5.35. The molecule has 0 fully saturated rings. The summed E-state index contributed by atoms with van der Waals surface area (Å²) in [5.41, 5.74) is 1.91. The minimum Gasteiger partial charge on any atom is -0.462 e. The Hall–Kier alpha value is -1.09.